The molecule has 1 fully saturated rings. The zero-order chi connectivity index (χ0) is 12.5. The van der Waals surface area contributed by atoms with Gasteiger partial charge in [-0.1, -0.05) is 18.0 Å². The fourth-order valence-corrected chi connectivity index (χ4v) is 2.79. The van der Waals surface area contributed by atoms with Gasteiger partial charge in [-0.05, 0) is 25.5 Å². The number of halogens is 1. The molecular formula is C13H16ClNO3. The highest BCUT2D eigenvalue weighted by Crippen LogP contribution is 2.47. The molecule has 1 aromatic rings. The predicted octanol–water partition coefficient (Wildman–Crippen LogP) is 2.63. The van der Waals surface area contributed by atoms with Gasteiger partial charge in [0, 0.05) is 11.6 Å². The van der Waals surface area contributed by atoms with E-state index in [9.17, 15) is 5.11 Å². The molecule has 2 aliphatic heterocycles. The van der Waals surface area contributed by atoms with Gasteiger partial charge in [0.1, 0.15) is 24.0 Å². The van der Waals surface area contributed by atoms with Gasteiger partial charge in [-0.25, -0.2) is 0 Å². The van der Waals surface area contributed by atoms with Gasteiger partial charge in [0.25, 0.3) is 0 Å². The van der Waals surface area contributed by atoms with Crippen LogP contribution in [0.4, 0.5) is 0 Å². The molecule has 0 radical (unpaired) electrons. The molecule has 1 atom stereocenters. The highest BCUT2D eigenvalue weighted by Gasteiger charge is 2.26. The standard InChI is InChI=1S/C13H16ClNO3/c14-11-12(16)8(9-3-1-2-4-15-9)7-10-13(11)18-6-5-17-10/h7,9,15-16H,1-6H2. The number of piperidine rings is 1. The largest absolute Gasteiger partial charge is 0.506 e. The summed E-state index contributed by atoms with van der Waals surface area (Å²) >= 11 is 6.15. The second-order valence-corrected chi connectivity index (χ2v) is 5.03. The highest BCUT2D eigenvalue weighted by molar-refractivity contribution is 6.34. The first-order valence-corrected chi connectivity index (χ1v) is 6.69. The fourth-order valence-electron chi connectivity index (χ4n) is 2.54. The molecule has 0 bridgehead atoms. The number of hydrogen-bond donors (Lipinski definition) is 2. The highest BCUT2D eigenvalue weighted by atomic mass is 35.5. The van der Waals surface area contributed by atoms with Gasteiger partial charge >= 0.3 is 0 Å². The topological polar surface area (TPSA) is 50.7 Å². The average molecular weight is 270 g/mol. The Hall–Kier alpha value is -1.13. The molecule has 18 heavy (non-hydrogen) atoms. The summed E-state index contributed by atoms with van der Waals surface area (Å²) in [6.45, 7) is 1.95. The monoisotopic (exact) mass is 269 g/mol. The first kappa shape index (κ1) is 11.9. The number of ether oxygens (including phenoxy) is 2. The minimum Gasteiger partial charge on any atom is -0.506 e. The zero-order valence-corrected chi connectivity index (χ0v) is 10.8. The van der Waals surface area contributed by atoms with E-state index in [4.69, 9.17) is 21.1 Å². The molecule has 2 N–H and O–H groups in total. The molecule has 0 aliphatic carbocycles. The van der Waals surface area contributed by atoms with Gasteiger partial charge in [0.15, 0.2) is 11.5 Å². The number of fused-ring (bicyclic) bond motifs is 1. The fraction of sp³-hybridized carbons (Fsp3) is 0.538. The quantitative estimate of drug-likeness (QED) is 0.823. The Kier molecular flexibility index (Phi) is 3.22. The number of aromatic hydroxyl groups is 1. The second-order valence-electron chi connectivity index (χ2n) is 4.66. The molecule has 1 aromatic carbocycles. The normalized spacial score (nSPS) is 22.8. The Bertz CT molecular complexity index is 458. The van der Waals surface area contributed by atoms with Crippen molar-refractivity contribution in [1.29, 1.82) is 0 Å². The summed E-state index contributed by atoms with van der Waals surface area (Å²) in [5, 5.41) is 13.9. The van der Waals surface area contributed by atoms with Crippen molar-refractivity contribution in [3.05, 3.63) is 16.7 Å². The van der Waals surface area contributed by atoms with Crippen LogP contribution in [0.15, 0.2) is 6.07 Å². The van der Waals surface area contributed by atoms with E-state index < -0.39 is 0 Å². The molecule has 0 aromatic heterocycles. The van der Waals surface area contributed by atoms with E-state index in [2.05, 4.69) is 5.32 Å². The molecule has 3 rings (SSSR count). The van der Waals surface area contributed by atoms with Crippen molar-refractivity contribution >= 4 is 11.6 Å². The van der Waals surface area contributed by atoms with E-state index in [1.807, 2.05) is 6.07 Å². The van der Waals surface area contributed by atoms with Crippen LogP contribution in [-0.4, -0.2) is 24.9 Å². The Morgan fingerprint density at radius 2 is 2.11 bits per heavy atom. The SMILES string of the molecule is Oc1c(C2CCCCN2)cc2c(c1Cl)OCCO2. The maximum Gasteiger partial charge on any atom is 0.183 e. The lowest BCUT2D eigenvalue weighted by Crippen LogP contribution is -2.27. The molecule has 0 spiro atoms. The van der Waals surface area contributed by atoms with Crippen molar-refractivity contribution in [2.45, 2.75) is 25.3 Å². The molecule has 4 nitrogen and oxygen atoms in total. The molecule has 98 valence electrons. The van der Waals surface area contributed by atoms with E-state index in [1.54, 1.807) is 0 Å². The number of nitrogens with one attached hydrogen (secondary N) is 1. The van der Waals surface area contributed by atoms with Crippen molar-refractivity contribution in [2.24, 2.45) is 0 Å². The molecule has 2 heterocycles. The Morgan fingerprint density at radius 3 is 2.89 bits per heavy atom. The first-order valence-electron chi connectivity index (χ1n) is 6.31. The molecular weight excluding hydrogens is 254 g/mol. The molecule has 2 aliphatic rings. The van der Waals surface area contributed by atoms with Crippen LogP contribution in [0.25, 0.3) is 0 Å². The van der Waals surface area contributed by atoms with Crippen LogP contribution in [0.5, 0.6) is 17.2 Å². The Balaban J connectivity index is 2.01. The van der Waals surface area contributed by atoms with Crippen LogP contribution in [0.1, 0.15) is 30.9 Å². The van der Waals surface area contributed by atoms with Crippen LogP contribution in [0, 0.1) is 0 Å². The summed E-state index contributed by atoms with van der Waals surface area (Å²) in [6, 6.07) is 1.99. The van der Waals surface area contributed by atoms with Crippen molar-refractivity contribution < 1.29 is 14.6 Å². The van der Waals surface area contributed by atoms with Crippen LogP contribution in [0.2, 0.25) is 5.02 Å². The summed E-state index contributed by atoms with van der Waals surface area (Å²) < 4.78 is 11.0. The summed E-state index contributed by atoms with van der Waals surface area (Å²) in [7, 11) is 0. The van der Waals surface area contributed by atoms with Crippen molar-refractivity contribution in [3.63, 3.8) is 0 Å². The third-order valence-electron chi connectivity index (χ3n) is 3.46. The van der Waals surface area contributed by atoms with E-state index in [0.717, 1.165) is 24.9 Å². The lowest BCUT2D eigenvalue weighted by Gasteiger charge is -2.27. The maximum atomic E-state index is 10.2. The van der Waals surface area contributed by atoms with Crippen LogP contribution < -0.4 is 14.8 Å². The number of phenols is 1. The summed E-state index contributed by atoms with van der Waals surface area (Å²) in [5.41, 5.74) is 0.809. The predicted molar refractivity (Wildman–Crippen MR) is 68.7 cm³/mol. The Morgan fingerprint density at radius 1 is 1.28 bits per heavy atom. The van der Waals surface area contributed by atoms with E-state index in [0.29, 0.717) is 24.7 Å². The van der Waals surface area contributed by atoms with Gasteiger partial charge in [-0.15, -0.1) is 0 Å². The van der Waals surface area contributed by atoms with Gasteiger partial charge in [0.05, 0.1) is 0 Å². The lowest BCUT2D eigenvalue weighted by atomic mass is 9.96. The van der Waals surface area contributed by atoms with Crippen molar-refractivity contribution in [1.82, 2.24) is 5.32 Å². The second kappa shape index (κ2) is 4.86. The molecule has 0 saturated carbocycles. The summed E-state index contributed by atoms with van der Waals surface area (Å²) in [4.78, 5) is 0. The van der Waals surface area contributed by atoms with Crippen molar-refractivity contribution in [3.8, 4) is 17.2 Å². The van der Waals surface area contributed by atoms with Crippen LogP contribution in [0.3, 0.4) is 0 Å². The smallest absolute Gasteiger partial charge is 0.183 e. The minimum absolute atomic E-state index is 0.111. The molecule has 1 saturated heterocycles. The van der Waals surface area contributed by atoms with Crippen LogP contribution in [-0.2, 0) is 0 Å². The van der Waals surface area contributed by atoms with Gasteiger partial charge in [0.2, 0.25) is 0 Å². The first-order chi connectivity index (χ1) is 8.77. The van der Waals surface area contributed by atoms with Crippen LogP contribution >= 0.6 is 11.6 Å². The molecule has 5 heteroatoms. The van der Waals surface area contributed by atoms with Gasteiger partial charge < -0.3 is 19.9 Å². The number of hydrogen-bond acceptors (Lipinski definition) is 4. The molecule has 0 amide bonds. The van der Waals surface area contributed by atoms with E-state index in [-0.39, 0.29) is 16.8 Å². The zero-order valence-electron chi connectivity index (χ0n) is 10.0. The maximum absolute atomic E-state index is 10.2. The average Bonchev–Trinajstić information content (AvgIpc) is 2.44. The van der Waals surface area contributed by atoms with Gasteiger partial charge in [-0.2, -0.15) is 0 Å². The number of benzene rings is 1. The Labute approximate surface area is 111 Å². The molecule has 1 unspecified atom stereocenters. The number of phenolic OH excluding ortho intramolecular Hbond substituents is 1. The number of rotatable bonds is 1. The third kappa shape index (κ3) is 1.99. The van der Waals surface area contributed by atoms with E-state index >= 15 is 0 Å². The summed E-state index contributed by atoms with van der Waals surface area (Å²) in [5.74, 6) is 1.20. The van der Waals surface area contributed by atoms with E-state index in [1.165, 1.54) is 6.42 Å². The minimum atomic E-state index is 0.111. The van der Waals surface area contributed by atoms with Crippen molar-refractivity contribution in [2.75, 3.05) is 19.8 Å². The summed E-state index contributed by atoms with van der Waals surface area (Å²) in [6.07, 6.45) is 3.34. The third-order valence-corrected chi connectivity index (χ3v) is 3.81. The lowest BCUT2D eigenvalue weighted by molar-refractivity contribution is 0.170. The van der Waals surface area contributed by atoms with Gasteiger partial charge in [-0.3, -0.25) is 0 Å².